The SMILES string of the molecule is COCCOCCNCC1Cc2cc(Br)ccc2O1. The number of hydrogen-bond acceptors (Lipinski definition) is 4. The van der Waals surface area contributed by atoms with Crippen molar-refractivity contribution in [2.24, 2.45) is 0 Å². The van der Waals surface area contributed by atoms with Crippen molar-refractivity contribution in [2.75, 3.05) is 40.0 Å². The Morgan fingerprint density at radius 2 is 2.26 bits per heavy atom. The summed E-state index contributed by atoms with van der Waals surface area (Å²) in [4.78, 5) is 0. The Morgan fingerprint density at radius 1 is 1.37 bits per heavy atom. The molecule has 0 radical (unpaired) electrons. The summed E-state index contributed by atoms with van der Waals surface area (Å²) in [6.07, 6.45) is 1.19. The van der Waals surface area contributed by atoms with Crippen LogP contribution in [0.25, 0.3) is 0 Å². The van der Waals surface area contributed by atoms with Gasteiger partial charge in [0.2, 0.25) is 0 Å². The minimum Gasteiger partial charge on any atom is -0.488 e. The molecular weight excluding hydrogens is 310 g/mol. The van der Waals surface area contributed by atoms with Gasteiger partial charge in [0.05, 0.1) is 19.8 Å². The van der Waals surface area contributed by atoms with Gasteiger partial charge in [-0.15, -0.1) is 0 Å². The molecule has 0 aliphatic carbocycles. The zero-order valence-electron chi connectivity index (χ0n) is 11.2. The van der Waals surface area contributed by atoms with Gasteiger partial charge in [0.25, 0.3) is 0 Å². The van der Waals surface area contributed by atoms with E-state index in [0.717, 1.165) is 29.7 Å². The number of fused-ring (bicyclic) bond motifs is 1. The third-order valence-corrected chi connectivity index (χ3v) is 3.48. The summed E-state index contributed by atoms with van der Waals surface area (Å²) < 4.78 is 17.3. The molecule has 2 rings (SSSR count). The second-order valence-electron chi connectivity index (χ2n) is 4.51. The van der Waals surface area contributed by atoms with E-state index in [-0.39, 0.29) is 6.10 Å². The molecule has 1 N–H and O–H groups in total. The van der Waals surface area contributed by atoms with Crippen LogP contribution >= 0.6 is 15.9 Å². The molecule has 19 heavy (non-hydrogen) atoms. The van der Waals surface area contributed by atoms with Crippen LogP contribution in [0.5, 0.6) is 5.75 Å². The van der Waals surface area contributed by atoms with Crippen LogP contribution < -0.4 is 10.1 Å². The second kappa shape index (κ2) is 7.85. The molecule has 0 saturated heterocycles. The van der Waals surface area contributed by atoms with Crippen LogP contribution in [0.2, 0.25) is 0 Å². The van der Waals surface area contributed by atoms with Crippen LogP contribution in [0.1, 0.15) is 5.56 Å². The van der Waals surface area contributed by atoms with Gasteiger partial charge in [-0.3, -0.25) is 0 Å². The number of halogens is 1. The predicted octanol–water partition coefficient (Wildman–Crippen LogP) is 2.01. The minimum absolute atomic E-state index is 0.225. The summed E-state index contributed by atoms with van der Waals surface area (Å²) in [6, 6.07) is 6.16. The summed E-state index contributed by atoms with van der Waals surface area (Å²) in [5, 5.41) is 3.35. The first-order valence-corrected chi connectivity index (χ1v) is 7.31. The molecule has 0 saturated carbocycles. The van der Waals surface area contributed by atoms with E-state index in [4.69, 9.17) is 14.2 Å². The van der Waals surface area contributed by atoms with E-state index in [9.17, 15) is 0 Å². The summed E-state index contributed by atoms with van der Waals surface area (Å²) in [5.74, 6) is 1.01. The Bertz CT molecular complexity index is 400. The monoisotopic (exact) mass is 329 g/mol. The van der Waals surface area contributed by atoms with Crippen LogP contribution in [-0.2, 0) is 15.9 Å². The lowest BCUT2D eigenvalue weighted by molar-refractivity contribution is 0.0711. The summed E-state index contributed by atoms with van der Waals surface area (Å²) in [5.41, 5.74) is 1.28. The molecule has 1 aromatic carbocycles. The highest BCUT2D eigenvalue weighted by atomic mass is 79.9. The van der Waals surface area contributed by atoms with Crippen molar-refractivity contribution in [2.45, 2.75) is 12.5 Å². The van der Waals surface area contributed by atoms with Gasteiger partial charge < -0.3 is 19.5 Å². The van der Waals surface area contributed by atoms with E-state index in [1.54, 1.807) is 7.11 Å². The standard InChI is InChI=1S/C14H20BrNO3/c1-17-6-7-18-5-4-16-10-13-9-11-8-12(15)2-3-14(11)19-13/h2-3,8,13,16H,4-7,9-10H2,1H3. The quantitative estimate of drug-likeness (QED) is 0.740. The van der Waals surface area contributed by atoms with Crippen LogP contribution in [-0.4, -0.2) is 46.1 Å². The van der Waals surface area contributed by atoms with Crippen LogP contribution in [0.15, 0.2) is 22.7 Å². The summed E-state index contributed by atoms with van der Waals surface area (Å²) in [6.45, 7) is 3.69. The molecule has 0 bridgehead atoms. The number of benzene rings is 1. The molecule has 4 nitrogen and oxygen atoms in total. The van der Waals surface area contributed by atoms with E-state index in [2.05, 4.69) is 27.3 Å². The molecule has 1 atom stereocenters. The smallest absolute Gasteiger partial charge is 0.123 e. The molecule has 1 unspecified atom stereocenters. The van der Waals surface area contributed by atoms with Gasteiger partial charge >= 0.3 is 0 Å². The van der Waals surface area contributed by atoms with Crippen molar-refractivity contribution < 1.29 is 14.2 Å². The van der Waals surface area contributed by atoms with Crippen LogP contribution in [0.3, 0.4) is 0 Å². The Kier molecular flexibility index (Phi) is 6.10. The largest absolute Gasteiger partial charge is 0.488 e. The maximum Gasteiger partial charge on any atom is 0.123 e. The van der Waals surface area contributed by atoms with Crippen molar-refractivity contribution >= 4 is 15.9 Å². The zero-order valence-corrected chi connectivity index (χ0v) is 12.7. The molecular formula is C14H20BrNO3. The van der Waals surface area contributed by atoms with Crippen molar-refractivity contribution in [3.05, 3.63) is 28.2 Å². The van der Waals surface area contributed by atoms with Crippen LogP contribution in [0.4, 0.5) is 0 Å². The second-order valence-corrected chi connectivity index (χ2v) is 5.42. The van der Waals surface area contributed by atoms with Gasteiger partial charge in [-0.1, -0.05) is 15.9 Å². The lowest BCUT2D eigenvalue weighted by Crippen LogP contribution is -2.32. The van der Waals surface area contributed by atoms with E-state index < -0.39 is 0 Å². The van der Waals surface area contributed by atoms with E-state index in [1.807, 2.05) is 12.1 Å². The highest BCUT2D eigenvalue weighted by Gasteiger charge is 2.22. The molecule has 1 heterocycles. The predicted molar refractivity (Wildman–Crippen MR) is 77.8 cm³/mol. The zero-order chi connectivity index (χ0) is 13.5. The molecule has 0 amide bonds. The van der Waals surface area contributed by atoms with Crippen LogP contribution in [0, 0.1) is 0 Å². The van der Waals surface area contributed by atoms with E-state index >= 15 is 0 Å². The van der Waals surface area contributed by atoms with Crippen molar-refractivity contribution in [3.63, 3.8) is 0 Å². The van der Waals surface area contributed by atoms with Gasteiger partial charge in [-0.2, -0.15) is 0 Å². The number of hydrogen-bond donors (Lipinski definition) is 1. The maximum absolute atomic E-state index is 5.86. The number of ether oxygens (including phenoxy) is 3. The molecule has 1 aliphatic rings. The highest BCUT2D eigenvalue weighted by Crippen LogP contribution is 2.30. The number of rotatable bonds is 8. The number of methoxy groups -OCH3 is 1. The lowest BCUT2D eigenvalue weighted by Gasteiger charge is -2.11. The van der Waals surface area contributed by atoms with Gasteiger partial charge in [-0.25, -0.2) is 0 Å². The third-order valence-electron chi connectivity index (χ3n) is 2.99. The highest BCUT2D eigenvalue weighted by molar-refractivity contribution is 9.10. The average molecular weight is 330 g/mol. The molecule has 0 aromatic heterocycles. The molecule has 1 aromatic rings. The third kappa shape index (κ3) is 4.76. The van der Waals surface area contributed by atoms with Gasteiger partial charge in [0.1, 0.15) is 11.9 Å². The fraction of sp³-hybridized carbons (Fsp3) is 0.571. The van der Waals surface area contributed by atoms with E-state index in [0.29, 0.717) is 19.8 Å². The van der Waals surface area contributed by atoms with Gasteiger partial charge in [0.15, 0.2) is 0 Å². The molecule has 5 heteroatoms. The van der Waals surface area contributed by atoms with E-state index in [1.165, 1.54) is 5.56 Å². The molecule has 0 spiro atoms. The fourth-order valence-electron chi connectivity index (χ4n) is 2.05. The molecule has 1 aliphatic heterocycles. The lowest BCUT2D eigenvalue weighted by atomic mass is 10.1. The normalized spacial score (nSPS) is 17.3. The first-order valence-electron chi connectivity index (χ1n) is 6.52. The Hall–Kier alpha value is -0.620. The topological polar surface area (TPSA) is 39.7 Å². The Balaban J connectivity index is 1.59. The van der Waals surface area contributed by atoms with Crippen molar-refractivity contribution in [3.8, 4) is 5.75 Å². The first-order chi connectivity index (χ1) is 9.29. The minimum atomic E-state index is 0.225. The Morgan fingerprint density at radius 3 is 3.11 bits per heavy atom. The molecule has 106 valence electrons. The Labute approximate surface area is 122 Å². The van der Waals surface area contributed by atoms with Crippen molar-refractivity contribution in [1.82, 2.24) is 5.32 Å². The van der Waals surface area contributed by atoms with Gasteiger partial charge in [-0.05, 0) is 23.8 Å². The first kappa shape index (κ1) is 14.8. The molecule has 0 fully saturated rings. The van der Waals surface area contributed by atoms with Gasteiger partial charge in [0, 0.05) is 31.1 Å². The fourth-order valence-corrected chi connectivity index (χ4v) is 2.46. The maximum atomic E-state index is 5.86. The summed E-state index contributed by atoms with van der Waals surface area (Å²) >= 11 is 3.48. The average Bonchev–Trinajstić information content (AvgIpc) is 2.79. The summed E-state index contributed by atoms with van der Waals surface area (Å²) in [7, 11) is 1.68. The number of nitrogens with one attached hydrogen (secondary N) is 1. The van der Waals surface area contributed by atoms with Crippen molar-refractivity contribution in [1.29, 1.82) is 0 Å².